The fraction of sp³-hybridized carbons (Fsp3) is 0.400. The third-order valence-corrected chi connectivity index (χ3v) is 7.38. The lowest BCUT2D eigenvalue weighted by molar-refractivity contribution is -0.141. The Morgan fingerprint density at radius 1 is 1.05 bits per heavy atom. The summed E-state index contributed by atoms with van der Waals surface area (Å²) in [7, 11) is 0. The first-order valence-corrected chi connectivity index (χ1v) is 13.4. The SMILES string of the molecule is Cc1cccc(F)c1N1CCC(c2cc3nc(CC(C)C)cnc3n(Cc3ccc(C(F)(F)F)nc3)c2=O)CC1. The zero-order valence-electron chi connectivity index (χ0n) is 22.7. The lowest BCUT2D eigenvalue weighted by Gasteiger charge is -2.34. The molecule has 1 aliphatic rings. The molecule has 6 nitrogen and oxygen atoms in total. The molecule has 1 fully saturated rings. The Hall–Kier alpha value is -3.82. The standard InChI is InChI=1S/C30H31F4N5O/c1-18(2)13-22-16-36-28-25(37-22)14-23(21-9-11-38(12-10-21)27-19(3)5-4-6-24(27)31)29(40)39(28)17-20-7-8-26(35-15-20)30(32,33)34/h4-8,14-16,18,21H,9-13,17H2,1-3H3. The van der Waals surface area contributed by atoms with Crippen LogP contribution in [0.2, 0.25) is 0 Å². The van der Waals surface area contributed by atoms with Crippen molar-refractivity contribution in [3.63, 3.8) is 0 Å². The minimum Gasteiger partial charge on any atom is -0.369 e. The molecule has 10 heteroatoms. The molecule has 0 spiro atoms. The molecule has 1 saturated heterocycles. The topological polar surface area (TPSA) is 63.9 Å². The summed E-state index contributed by atoms with van der Waals surface area (Å²) < 4.78 is 55.2. The highest BCUT2D eigenvalue weighted by Crippen LogP contribution is 2.33. The van der Waals surface area contributed by atoms with E-state index in [2.05, 4.69) is 23.8 Å². The van der Waals surface area contributed by atoms with Crippen LogP contribution in [0.25, 0.3) is 11.2 Å². The average molecular weight is 554 g/mol. The minimum atomic E-state index is -4.55. The fourth-order valence-electron chi connectivity index (χ4n) is 5.46. The van der Waals surface area contributed by atoms with Crippen LogP contribution in [0.5, 0.6) is 0 Å². The smallest absolute Gasteiger partial charge is 0.369 e. The average Bonchev–Trinajstić information content (AvgIpc) is 2.90. The van der Waals surface area contributed by atoms with Crippen LogP contribution in [-0.2, 0) is 19.1 Å². The van der Waals surface area contributed by atoms with E-state index in [0.717, 1.165) is 29.9 Å². The Bertz CT molecular complexity index is 1550. The van der Waals surface area contributed by atoms with Gasteiger partial charge >= 0.3 is 6.18 Å². The number of benzene rings is 1. The number of aryl methyl sites for hydroxylation is 1. The minimum absolute atomic E-state index is 0.0137. The van der Waals surface area contributed by atoms with Gasteiger partial charge in [-0.15, -0.1) is 0 Å². The summed E-state index contributed by atoms with van der Waals surface area (Å²) in [6.45, 7) is 7.25. The van der Waals surface area contributed by atoms with Crippen molar-refractivity contribution in [2.75, 3.05) is 18.0 Å². The number of fused-ring (bicyclic) bond motifs is 1. The van der Waals surface area contributed by atoms with E-state index in [-0.39, 0.29) is 23.8 Å². The number of pyridine rings is 2. The van der Waals surface area contributed by atoms with Crippen molar-refractivity contribution < 1.29 is 17.6 Å². The van der Waals surface area contributed by atoms with Crippen molar-refractivity contribution >= 4 is 16.9 Å². The highest BCUT2D eigenvalue weighted by Gasteiger charge is 2.32. The molecule has 0 unspecified atom stereocenters. The molecule has 0 aliphatic carbocycles. The zero-order chi connectivity index (χ0) is 28.6. The summed E-state index contributed by atoms with van der Waals surface area (Å²) in [5.41, 5.74) is 3.01. The number of aromatic nitrogens is 4. The van der Waals surface area contributed by atoms with Gasteiger partial charge in [0.25, 0.3) is 5.56 Å². The predicted octanol–water partition coefficient (Wildman–Crippen LogP) is 6.28. The third kappa shape index (κ3) is 5.71. The van der Waals surface area contributed by atoms with E-state index >= 15 is 0 Å². The molecule has 4 aromatic rings. The second-order valence-electron chi connectivity index (χ2n) is 10.9. The van der Waals surface area contributed by atoms with Crippen molar-refractivity contribution in [3.8, 4) is 0 Å². The summed E-state index contributed by atoms with van der Waals surface area (Å²) in [6.07, 6.45) is 0.267. The van der Waals surface area contributed by atoms with Crippen molar-refractivity contribution in [2.45, 2.75) is 58.7 Å². The van der Waals surface area contributed by atoms with E-state index in [0.29, 0.717) is 59.8 Å². The quantitative estimate of drug-likeness (QED) is 0.263. The Morgan fingerprint density at radius 2 is 1.80 bits per heavy atom. The number of halogens is 4. The van der Waals surface area contributed by atoms with Gasteiger partial charge < -0.3 is 4.90 Å². The number of rotatable bonds is 6. The van der Waals surface area contributed by atoms with Crippen LogP contribution in [0.3, 0.4) is 0 Å². The number of para-hydroxylation sites is 1. The van der Waals surface area contributed by atoms with Gasteiger partial charge in [0.2, 0.25) is 0 Å². The Balaban J connectivity index is 1.51. The van der Waals surface area contributed by atoms with Crippen LogP contribution in [0.4, 0.5) is 23.2 Å². The van der Waals surface area contributed by atoms with Gasteiger partial charge in [-0.05, 0) is 67.3 Å². The van der Waals surface area contributed by atoms with Crippen LogP contribution in [0.15, 0.2) is 53.6 Å². The predicted molar refractivity (Wildman–Crippen MR) is 146 cm³/mol. The van der Waals surface area contributed by atoms with E-state index in [1.165, 1.54) is 16.7 Å². The van der Waals surface area contributed by atoms with Crippen LogP contribution in [0, 0.1) is 18.7 Å². The molecule has 0 saturated carbocycles. The van der Waals surface area contributed by atoms with Gasteiger partial charge in [0.05, 0.1) is 24.1 Å². The van der Waals surface area contributed by atoms with Gasteiger partial charge in [0, 0.05) is 24.8 Å². The summed E-state index contributed by atoms with van der Waals surface area (Å²) in [5, 5.41) is 0. The van der Waals surface area contributed by atoms with Gasteiger partial charge in [0.1, 0.15) is 17.0 Å². The maximum atomic E-state index is 14.6. The molecule has 5 rings (SSSR count). The summed E-state index contributed by atoms with van der Waals surface area (Å²) >= 11 is 0. The van der Waals surface area contributed by atoms with Crippen molar-refractivity contribution in [1.29, 1.82) is 0 Å². The Kier molecular flexibility index (Phi) is 7.61. The first kappa shape index (κ1) is 27.7. The van der Waals surface area contributed by atoms with Gasteiger partial charge in [-0.3, -0.25) is 14.3 Å². The van der Waals surface area contributed by atoms with E-state index in [1.807, 2.05) is 24.0 Å². The van der Waals surface area contributed by atoms with Crippen molar-refractivity contribution in [3.05, 3.63) is 93.0 Å². The largest absolute Gasteiger partial charge is 0.433 e. The van der Waals surface area contributed by atoms with Crippen molar-refractivity contribution in [1.82, 2.24) is 19.5 Å². The number of anilines is 1. The zero-order valence-corrected chi connectivity index (χ0v) is 22.7. The number of alkyl halides is 3. The van der Waals surface area contributed by atoms with E-state index < -0.39 is 11.9 Å². The van der Waals surface area contributed by atoms with Gasteiger partial charge in [-0.25, -0.2) is 14.4 Å². The molecule has 0 amide bonds. The summed E-state index contributed by atoms with van der Waals surface area (Å²) in [5.74, 6) is 0.0268. The summed E-state index contributed by atoms with van der Waals surface area (Å²) in [4.78, 5) is 28.8. The highest BCUT2D eigenvalue weighted by molar-refractivity contribution is 5.71. The second-order valence-corrected chi connectivity index (χ2v) is 10.9. The van der Waals surface area contributed by atoms with Crippen LogP contribution >= 0.6 is 0 Å². The fourth-order valence-corrected chi connectivity index (χ4v) is 5.46. The molecule has 0 bridgehead atoms. The third-order valence-electron chi connectivity index (χ3n) is 7.38. The number of nitrogens with zero attached hydrogens (tertiary/aromatic N) is 5. The first-order valence-electron chi connectivity index (χ1n) is 13.4. The van der Waals surface area contributed by atoms with Crippen LogP contribution < -0.4 is 10.5 Å². The van der Waals surface area contributed by atoms with E-state index in [1.54, 1.807) is 12.3 Å². The van der Waals surface area contributed by atoms with Gasteiger partial charge in [-0.1, -0.05) is 32.0 Å². The lowest BCUT2D eigenvalue weighted by Crippen LogP contribution is -2.36. The van der Waals surface area contributed by atoms with Crippen molar-refractivity contribution in [2.24, 2.45) is 5.92 Å². The molecule has 210 valence electrons. The number of hydrogen-bond donors (Lipinski definition) is 0. The molecule has 3 aromatic heterocycles. The van der Waals surface area contributed by atoms with Gasteiger partial charge in [-0.2, -0.15) is 13.2 Å². The van der Waals surface area contributed by atoms with Crippen LogP contribution in [-0.4, -0.2) is 32.6 Å². The molecule has 0 N–H and O–H groups in total. The lowest BCUT2D eigenvalue weighted by atomic mass is 9.89. The maximum absolute atomic E-state index is 14.6. The molecule has 4 heterocycles. The normalized spacial score (nSPS) is 14.8. The Morgan fingerprint density at radius 3 is 2.42 bits per heavy atom. The summed E-state index contributed by atoms with van der Waals surface area (Å²) in [6, 6.07) is 9.09. The number of hydrogen-bond acceptors (Lipinski definition) is 5. The first-order chi connectivity index (χ1) is 19.0. The Labute approximate surface area is 229 Å². The molecular weight excluding hydrogens is 522 g/mol. The number of piperidine rings is 1. The monoisotopic (exact) mass is 553 g/mol. The molecule has 0 atom stereocenters. The molecule has 0 radical (unpaired) electrons. The van der Waals surface area contributed by atoms with Gasteiger partial charge in [0.15, 0.2) is 5.65 Å². The second kappa shape index (κ2) is 11.0. The molecule has 1 aromatic carbocycles. The van der Waals surface area contributed by atoms with E-state index in [9.17, 15) is 22.4 Å². The van der Waals surface area contributed by atoms with E-state index in [4.69, 9.17) is 4.98 Å². The van der Waals surface area contributed by atoms with Crippen LogP contribution in [0.1, 0.15) is 60.7 Å². The highest BCUT2D eigenvalue weighted by atomic mass is 19.4. The maximum Gasteiger partial charge on any atom is 0.433 e. The molecule has 1 aliphatic heterocycles. The molecular formula is C30H31F4N5O. The molecule has 40 heavy (non-hydrogen) atoms.